The van der Waals surface area contributed by atoms with Gasteiger partial charge in [0.15, 0.2) is 0 Å². The number of rotatable bonds is 3. The number of aryl methyl sites for hydroxylation is 1. The lowest BCUT2D eigenvalue weighted by Crippen LogP contribution is -2.18. The molecule has 106 valence electrons. The Morgan fingerprint density at radius 2 is 2.14 bits per heavy atom. The lowest BCUT2D eigenvalue weighted by atomic mass is 10.3. The number of imidazole rings is 1. The van der Waals surface area contributed by atoms with E-state index in [2.05, 4.69) is 20.1 Å². The van der Waals surface area contributed by atoms with Crippen molar-refractivity contribution in [2.24, 2.45) is 10.9 Å². The third-order valence-corrected chi connectivity index (χ3v) is 3.12. The third-order valence-electron chi connectivity index (χ3n) is 3.12. The predicted molar refractivity (Wildman–Crippen MR) is 78.5 cm³/mol. The number of oxime groups is 1. The number of hydrogen-bond acceptors (Lipinski definition) is 5. The third kappa shape index (κ3) is 2.40. The molecule has 0 aliphatic heterocycles. The monoisotopic (exact) mass is 282 g/mol. The molecule has 0 saturated heterocycles. The van der Waals surface area contributed by atoms with Crippen LogP contribution in [0, 0.1) is 6.92 Å². The van der Waals surface area contributed by atoms with Gasteiger partial charge in [-0.1, -0.05) is 17.3 Å². The highest BCUT2D eigenvalue weighted by Gasteiger charge is 2.14. The van der Waals surface area contributed by atoms with E-state index in [0.717, 1.165) is 16.7 Å². The van der Waals surface area contributed by atoms with Gasteiger partial charge in [0.2, 0.25) is 0 Å². The molecule has 2 heterocycles. The number of fused-ring (bicyclic) bond motifs is 1. The van der Waals surface area contributed by atoms with Gasteiger partial charge in [-0.15, -0.1) is 0 Å². The Bertz CT molecular complexity index is 823. The number of nitrogens with two attached hydrogens (primary N) is 1. The number of nitrogens with zero attached hydrogens (tertiary/aromatic N) is 5. The van der Waals surface area contributed by atoms with Crippen molar-refractivity contribution in [1.82, 2.24) is 19.5 Å². The molecular weight excluding hydrogens is 268 g/mol. The van der Waals surface area contributed by atoms with E-state index in [1.165, 1.54) is 6.33 Å². The SMILES string of the molecule is Cc1cc(-n2c(CC(N)=NO)nc3ccccc32)ncn1. The lowest BCUT2D eigenvalue weighted by Gasteiger charge is -2.08. The van der Waals surface area contributed by atoms with Gasteiger partial charge in [0.05, 0.1) is 17.5 Å². The molecule has 7 heteroatoms. The molecule has 3 aromatic rings. The molecule has 3 rings (SSSR count). The van der Waals surface area contributed by atoms with Crippen molar-refractivity contribution in [1.29, 1.82) is 0 Å². The Balaban J connectivity index is 2.25. The van der Waals surface area contributed by atoms with Gasteiger partial charge >= 0.3 is 0 Å². The van der Waals surface area contributed by atoms with E-state index in [1.807, 2.05) is 41.8 Å². The summed E-state index contributed by atoms with van der Waals surface area (Å²) in [6.45, 7) is 1.90. The molecule has 0 spiro atoms. The first-order valence-electron chi connectivity index (χ1n) is 6.41. The quantitative estimate of drug-likeness (QED) is 0.327. The summed E-state index contributed by atoms with van der Waals surface area (Å²) in [5.74, 6) is 1.46. The van der Waals surface area contributed by atoms with Crippen LogP contribution in [0.3, 0.4) is 0 Å². The molecule has 1 aromatic carbocycles. The lowest BCUT2D eigenvalue weighted by molar-refractivity contribution is 0.317. The molecule has 0 fully saturated rings. The predicted octanol–water partition coefficient (Wildman–Crippen LogP) is 1.41. The van der Waals surface area contributed by atoms with Gasteiger partial charge in [-0.05, 0) is 19.1 Å². The second-order valence-electron chi connectivity index (χ2n) is 4.64. The minimum atomic E-state index is 0.0948. The molecule has 7 nitrogen and oxygen atoms in total. The van der Waals surface area contributed by atoms with E-state index < -0.39 is 0 Å². The first-order chi connectivity index (χ1) is 10.2. The van der Waals surface area contributed by atoms with Crippen LogP contribution in [0.2, 0.25) is 0 Å². The van der Waals surface area contributed by atoms with E-state index in [4.69, 9.17) is 10.9 Å². The second kappa shape index (κ2) is 5.20. The van der Waals surface area contributed by atoms with E-state index in [-0.39, 0.29) is 12.3 Å². The summed E-state index contributed by atoms with van der Waals surface area (Å²) in [6.07, 6.45) is 1.74. The molecule has 0 unspecified atom stereocenters. The zero-order chi connectivity index (χ0) is 14.8. The molecule has 0 saturated carbocycles. The van der Waals surface area contributed by atoms with Crippen molar-refractivity contribution in [3.05, 3.63) is 48.2 Å². The Kier molecular flexibility index (Phi) is 3.23. The molecule has 0 atom stereocenters. The van der Waals surface area contributed by atoms with Crippen molar-refractivity contribution in [3.8, 4) is 5.82 Å². The fraction of sp³-hybridized carbons (Fsp3) is 0.143. The Morgan fingerprint density at radius 3 is 2.90 bits per heavy atom. The van der Waals surface area contributed by atoms with Gasteiger partial charge in [-0.2, -0.15) is 0 Å². The van der Waals surface area contributed by atoms with Crippen LogP contribution in [0.4, 0.5) is 0 Å². The molecular formula is C14H14N6O. The maximum atomic E-state index is 8.78. The van der Waals surface area contributed by atoms with Crippen LogP contribution in [-0.4, -0.2) is 30.6 Å². The number of para-hydroxylation sites is 2. The van der Waals surface area contributed by atoms with Crippen LogP contribution < -0.4 is 5.73 Å². The van der Waals surface area contributed by atoms with Crippen molar-refractivity contribution in [2.45, 2.75) is 13.3 Å². The number of amidine groups is 1. The largest absolute Gasteiger partial charge is 0.409 e. The van der Waals surface area contributed by atoms with Crippen LogP contribution in [0.25, 0.3) is 16.9 Å². The van der Waals surface area contributed by atoms with Crippen molar-refractivity contribution >= 4 is 16.9 Å². The van der Waals surface area contributed by atoms with Crippen molar-refractivity contribution in [2.75, 3.05) is 0 Å². The topological polar surface area (TPSA) is 102 Å². The summed E-state index contributed by atoms with van der Waals surface area (Å²) in [6, 6.07) is 9.58. The average molecular weight is 282 g/mol. The minimum absolute atomic E-state index is 0.0948. The fourth-order valence-corrected chi connectivity index (χ4v) is 2.21. The Hall–Kier alpha value is -2.96. The van der Waals surface area contributed by atoms with Crippen LogP contribution >= 0.6 is 0 Å². The Labute approximate surface area is 120 Å². The van der Waals surface area contributed by atoms with Gasteiger partial charge in [-0.3, -0.25) is 4.57 Å². The van der Waals surface area contributed by atoms with Crippen LogP contribution in [0.15, 0.2) is 41.8 Å². The standard InChI is InChI=1S/C14H14N6O/c1-9-6-13(17-8-16-9)20-11-5-3-2-4-10(11)18-14(20)7-12(15)19-21/h2-6,8,21H,7H2,1H3,(H2,15,19). The summed E-state index contributed by atoms with van der Waals surface area (Å²) in [7, 11) is 0. The smallest absolute Gasteiger partial charge is 0.146 e. The van der Waals surface area contributed by atoms with Crippen LogP contribution in [0.1, 0.15) is 11.5 Å². The number of hydrogen-bond donors (Lipinski definition) is 2. The highest BCUT2D eigenvalue weighted by molar-refractivity contribution is 5.84. The zero-order valence-corrected chi connectivity index (χ0v) is 11.4. The van der Waals surface area contributed by atoms with E-state index in [0.29, 0.717) is 11.6 Å². The molecule has 0 bridgehead atoms. The highest BCUT2D eigenvalue weighted by atomic mass is 16.4. The molecule has 3 N–H and O–H groups in total. The van der Waals surface area contributed by atoms with Gasteiger partial charge in [-0.25, -0.2) is 15.0 Å². The zero-order valence-electron chi connectivity index (χ0n) is 11.4. The van der Waals surface area contributed by atoms with E-state index in [9.17, 15) is 0 Å². The van der Waals surface area contributed by atoms with Gasteiger partial charge in [0, 0.05) is 11.8 Å². The summed E-state index contributed by atoms with van der Waals surface area (Å²) in [4.78, 5) is 12.9. The van der Waals surface area contributed by atoms with Gasteiger partial charge in [0.1, 0.15) is 23.8 Å². The molecule has 2 aromatic heterocycles. The minimum Gasteiger partial charge on any atom is -0.409 e. The molecule has 21 heavy (non-hydrogen) atoms. The molecule has 0 radical (unpaired) electrons. The summed E-state index contributed by atoms with van der Waals surface area (Å²) in [5, 5.41) is 11.8. The normalized spacial score (nSPS) is 12.0. The van der Waals surface area contributed by atoms with E-state index in [1.54, 1.807) is 0 Å². The Morgan fingerprint density at radius 1 is 1.33 bits per heavy atom. The summed E-state index contributed by atoms with van der Waals surface area (Å²) >= 11 is 0. The average Bonchev–Trinajstić information content (AvgIpc) is 2.84. The van der Waals surface area contributed by atoms with Gasteiger partial charge < -0.3 is 10.9 Å². The molecule has 0 amide bonds. The fourth-order valence-electron chi connectivity index (χ4n) is 2.21. The maximum Gasteiger partial charge on any atom is 0.146 e. The highest BCUT2D eigenvalue weighted by Crippen LogP contribution is 2.20. The van der Waals surface area contributed by atoms with Crippen molar-refractivity contribution in [3.63, 3.8) is 0 Å². The maximum absolute atomic E-state index is 8.78. The van der Waals surface area contributed by atoms with Crippen LogP contribution in [0.5, 0.6) is 0 Å². The second-order valence-corrected chi connectivity index (χ2v) is 4.64. The summed E-state index contributed by atoms with van der Waals surface area (Å²) < 4.78 is 1.89. The molecule has 0 aliphatic carbocycles. The number of aromatic nitrogens is 4. The van der Waals surface area contributed by atoms with Crippen molar-refractivity contribution < 1.29 is 5.21 Å². The van der Waals surface area contributed by atoms with Crippen LogP contribution in [-0.2, 0) is 6.42 Å². The van der Waals surface area contributed by atoms with E-state index >= 15 is 0 Å². The van der Waals surface area contributed by atoms with Gasteiger partial charge in [0.25, 0.3) is 0 Å². The first kappa shape index (κ1) is 13.0. The number of benzene rings is 1. The molecule has 0 aliphatic rings. The summed E-state index contributed by atoms with van der Waals surface area (Å²) in [5.41, 5.74) is 8.21. The first-order valence-corrected chi connectivity index (χ1v) is 6.41.